The van der Waals surface area contributed by atoms with E-state index >= 15 is 0 Å². The highest BCUT2D eigenvalue weighted by Gasteiger charge is 2.19. The number of hydrogen-bond acceptors (Lipinski definition) is 3. The van der Waals surface area contributed by atoms with Crippen LogP contribution in [-0.2, 0) is 9.53 Å². The molecule has 0 bridgehead atoms. The van der Waals surface area contributed by atoms with Crippen molar-refractivity contribution in [2.75, 3.05) is 0 Å². The molecule has 1 atom stereocenters. The van der Waals surface area contributed by atoms with E-state index < -0.39 is 6.04 Å². The van der Waals surface area contributed by atoms with Crippen LogP contribution in [-0.4, -0.2) is 18.1 Å². The van der Waals surface area contributed by atoms with Gasteiger partial charge in [0.1, 0.15) is 12.1 Å². The molecule has 1 saturated carbocycles. The first kappa shape index (κ1) is 18.5. The standard InChI is InChI=1S/C18H35NO2/c1-2-3-15-17(19)18(20)21-16-13-11-9-7-5-4-6-8-10-12-14-16/h16-17H,2-15,19H2,1H3. The minimum absolute atomic E-state index is 0.101. The van der Waals surface area contributed by atoms with Crippen molar-refractivity contribution in [3.05, 3.63) is 0 Å². The fourth-order valence-electron chi connectivity index (χ4n) is 3.04. The van der Waals surface area contributed by atoms with Crippen molar-refractivity contribution < 1.29 is 9.53 Å². The second-order valence-electron chi connectivity index (χ2n) is 6.57. The van der Waals surface area contributed by atoms with Crippen molar-refractivity contribution in [3.63, 3.8) is 0 Å². The highest BCUT2D eigenvalue weighted by atomic mass is 16.5. The zero-order valence-corrected chi connectivity index (χ0v) is 13.9. The zero-order valence-electron chi connectivity index (χ0n) is 13.9. The third-order valence-corrected chi connectivity index (χ3v) is 4.51. The molecular formula is C18H35NO2. The quantitative estimate of drug-likeness (QED) is 0.747. The van der Waals surface area contributed by atoms with Crippen molar-refractivity contribution >= 4 is 5.97 Å². The predicted molar refractivity (Wildman–Crippen MR) is 88.2 cm³/mol. The maximum Gasteiger partial charge on any atom is 0.323 e. The molecule has 21 heavy (non-hydrogen) atoms. The molecule has 3 nitrogen and oxygen atoms in total. The van der Waals surface area contributed by atoms with Gasteiger partial charge in [0, 0.05) is 0 Å². The van der Waals surface area contributed by atoms with Crippen LogP contribution in [0, 0.1) is 0 Å². The van der Waals surface area contributed by atoms with E-state index in [1.807, 2.05) is 0 Å². The molecule has 2 N–H and O–H groups in total. The lowest BCUT2D eigenvalue weighted by molar-refractivity contribution is -0.151. The van der Waals surface area contributed by atoms with Gasteiger partial charge < -0.3 is 10.5 Å². The number of nitrogens with two attached hydrogens (primary N) is 1. The normalized spacial score (nSPS) is 21.0. The van der Waals surface area contributed by atoms with E-state index in [0.717, 1.165) is 32.1 Å². The van der Waals surface area contributed by atoms with Crippen LogP contribution in [0.2, 0.25) is 0 Å². The third-order valence-electron chi connectivity index (χ3n) is 4.51. The Morgan fingerprint density at radius 3 is 1.95 bits per heavy atom. The fraction of sp³-hybridized carbons (Fsp3) is 0.944. The smallest absolute Gasteiger partial charge is 0.323 e. The van der Waals surface area contributed by atoms with Crippen molar-refractivity contribution in [1.82, 2.24) is 0 Å². The second-order valence-corrected chi connectivity index (χ2v) is 6.57. The number of rotatable bonds is 5. The molecule has 0 aromatic carbocycles. The molecular weight excluding hydrogens is 262 g/mol. The Balaban J connectivity index is 2.34. The van der Waals surface area contributed by atoms with Crippen molar-refractivity contribution in [2.24, 2.45) is 5.73 Å². The lowest BCUT2D eigenvalue weighted by atomic mass is 9.99. The molecule has 0 aliphatic heterocycles. The Morgan fingerprint density at radius 1 is 1.00 bits per heavy atom. The van der Waals surface area contributed by atoms with Gasteiger partial charge >= 0.3 is 5.97 Å². The van der Waals surface area contributed by atoms with Gasteiger partial charge in [0.15, 0.2) is 0 Å². The van der Waals surface area contributed by atoms with Crippen LogP contribution in [0.25, 0.3) is 0 Å². The summed E-state index contributed by atoms with van der Waals surface area (Å²) in [6.45, 7) is 2.12. The van der Waals surface area contributed by atoms with Gasteiger partial charge in [-0.05, 0) is 32.1 Å². The summed E-state index contributed by atoms with van der Waals surface area (Å²) in [5, 5.41) is 0. The van der Waals surface area contributed by atoms with Crippen LogP contribution in [0.5, 0.6) is 0 Å². The minimum atomic E-state index is -0.425. The monoisotopic (exact) mass is 297 g/mol. The first-order chi connectivity index (χ1) is 10.2. The summed E-state index contributed by atoms with van der Waals surface area (Å²) in [5.74, 6) is -0.180. The summed E-state index contributed by atoms with van der Waals surface area (Å²) >= 11 is 0. The molecule has 0 spiro atoms. The third kappa shape index (κ3) is 9.13. The Bertz CT molecular complexity index is 256. The average Bonchev–Trinajstić information content (AvgIpc) is 2.47. The van der Waals surface area contributed by atoms with Crippen LogP contribution >= 0.6 is 0 Å². The van der Waals surface area contributed by atoms with E-state index in [0.29, 0.717) is 0 Å². The average molecular weight is 297 g/mol. The fourth-order valence-corrected chi connectivity index (χ4v) is 3.04. The molecule has 0 aromatic heterocycles. The van der Waals surface area contributed by atoms with Crippen LogP contribution < -0.4 is 5.73 Å². The molecule has 3 heteroatoms. The van der Waals surface area contributed by atoms with Crippen LogP contribution in [0.15, 0.2) is 0 Å². The van der Waals surface area contributed by atoms with Gasteiger partial charge in [-0.1, -0.05) is 64.7 Å². The van der Waals surface area contributed by atoms with Gasteiger partial charge in [-0.25, -0.2) is 0 Å². The van der Waals surface area contributed by atoms with Crippen LogP contribution in [0.4, 0.5) is 0 Å². The topological polar surface area (TPSA) is 52.3 Å². The summed E-state index contributed by atoms with van der Waals surface area (Å²) in [6.07, 6.45) is 16.7. The SMILES string of the molecule is CCCCC(N)C(=O)OC1CCCCCCCCCCC1. The summed E-state index contributed by atoms with van der Waals surface area (Å²) < 4.78 is 5.69. The molecule has 0 amide bonds. The second kappa shape index (κ2) is 12.0. The van der Waals surface area contributed by atoms with E-state index in [9.17, 15) is 4.79 Å². The Labute approximate surface area is 131 Å². The Morgan fingerprint density at radius 2 is 1.48 bits per heavy atom. The van der Waals surface area contributed by atoms with Gasteiger partial charge in [-0.3, -0.25) is 4.79 Å². The first-order valence-electron chi connectivity index (χ1n) is 9.20. The van der Waals surface area contributed by atoms with Crippen molar-refractivity contribution in [3.8, 4) is 0 Å². The highest BCUT2D eigenvalue weighted by molar-refractivity contribution is 5.75. The van der Waals surface area contributed by atoms with Crippen LogP contribution in [0.1, 0.15) is 96.8 Å². The van der Waals surface area contributed by atoms with Gasteiger partial charge in [-0.2, -0.15) is 0 Å². The molecule has 1 rings (SSSR count). The lowest BCUT2D eigenvalue weighted by Crippen LogP contribution is -2.35. The summed E-state index contributed by atoms with van der Waals surface area (Å²) in [6, 6.07) is -0.425. The Hall–Kier alpha value is -0.570. The number of ether oxygens (including phenoxy) is 1. The Kier molecular flexibility index (Phi) is 10.6. The number of carbonyl (C=O) groups excluding carboxylic acids is 1. The van der Waals surface area contributed by atoms with Gasteiger partial charge in [0.05, 0.1) is 0 Å². The van der Waals surface area contributed by atoms with E-state index in [2.05, 4.69) is 6.92 Å². The van der Waals surface area contributed by atoms with Gasteiger partial charge in [-0.15, -0.1) is 0 Å². The molecule has 1 fully saturated rings. The van der Waals surface area contributed by atoms with E-state index in [1.54, 1.807) is 0 Å². The molecule has 0 heterocycles. The molecule has 124 valence electrons. The number of esters is 1. The maximum atomic E-state index is 12.0. The van der Waals surface area contributed by atoms with Gasteiger partial charge in [0.25, 0.3) is 0 Å². The summed E-state index contributed by atoms with van der Waals surface area (Å²) in [5.41, 5.74) is 5.92. The zero-order chi connectivity index (χ0) is 15.3. The largest absolute Gasteiger partial charge is 0.461 e. The van der Waals surface area contributed by atoms with Crippen molar-refractivity contribution in [2.45, 2.75) is 109 Å². The molecule has 0 saturated heterocycles. The summed E-state index contributed by atoms with van der Waals surface area (Å²) in [7, 11) is 0. The number of carbonyl (C=O) groups is 1. The minimum Gasteiger partial charge on any atom is -0.461 e. The highest BCUT2D eigenvalue weighted by Crippen LogP contribution is 2.19. The van der Waals surface area contributed by atoms with E-state index in [1.165, 1.54) is 57.8 Å². The van der Waals surface area contributed by atoms with E-state index in [-0.39, 0.29) is 12.1 Å². The molecule has 1 unspecified atom stereocenters. The van der Waals surface area contributed by atoms with E-state index in [4.69, 9.17) is 10.5 Å². The summed E-state index contributed by atoms with van der Waals surface area (Å²) in [4.78, 5) is 12.0. The predicted octanol–water partition coefficient (Wildman–Crippen LogP) is 4.72. The van der Waals surface area contributed by atoms with Gasteiger partial charge in [0.2, 0.25) is 0 Å². The molecule has 0 radical (unpaired) electrons. The molecule has 0 aromatic rings. The lowest BCUT2D eigenvalue weighted by Gasteiger charge is -2.21. The molecule has 1 aliphatic carbocycles. The number of hydrogen-bond donors (Lipinski definition) is 1. The number of unbranched alkanes of at least 4 members (excludes halogenated alkanes) is 1. The van der Waals surface area contributed by atoms with Crippen molar-refractivity contribution in [1.29, 1.82) is 0 Å². The van der Waals surface area contributed by atoms with Crippen LogP contribution in [0.3, 0.4) is 0 Å². The molecule has 1 aliphatic rings. The maximum absolute atomic E-state index is 12.0. The first-order valence-corrected chi connectivity index (χ1v) is 9.20.